The van der Waals surface area contributed by atoms with E-state index in [9.17, 15) is 24.0 Å². The summed E-state index contributed by atoms with van der Waals surface area (Å²) in [4.78, 5) is 67.1. The molecule has 11 heteroatoms. The Labute approximate surface area is 253 Å². The Morgan fingerprint density at radius 2 is 1.88 bits per heavy atom. The molecule has 2 fully saturated rings. The molecule has 1 aromatic carbocycles. The molecular weight excluding hydrogens is 552 g/mol. The number of hydrogen-bond donors (Lipinski definition) is 3. The van der Waals surface area contributed by atoms with Crippen molar-refractivity contribution in [2.24, 2.45) is 5.92 Å². The third-order valence-corrected chi connectivity index (χ3v) is 8.13. The van der Waals surface area contributed by atoms with Gasteiger partial charge < -0.3 is 30.3 Å². The number of carbonyl (C=O) groups is 5. The number of carbonyl (C=O) groups excluding carboxylic acids is 5. The van der Waals surface area contributed by atoms with E-state index in [1.807, 2.05) is 6.08 Å². The number of methoxy groups -OCH3 is 1. The molecule has 3 N–H and O–H groups in total. The highest BCUT2D eigenvalue weighted by molar-refractivity contribution is 5.98. The van der Waals surface area contributed by atoms with Crippen molar-refractivity contribution in [3.63, 3.8) is 0 Å². The van der Waals surface area contributed by atoms with Gasteiger partial charge in [0, 0.05) is 19.0 Å². The third kappa shape index (κ3) is 8.14. The molecule has 0 aromatic heterocycles. The Bertz CT molecular complexity index is 1260. The molecule has 0 unspecified atom stereocenters. The average molecular weight is 597 g/mol. The van der Waals surface area contributed by atoms with Crippen LogP contribution in [-0.4, -0.2) is 71.6 Å². The largest absolute Gasteiger partial charge is 0.465 e. The molecule has 43 heavy (non-hydrogen) atoms. The highest BCUT2D eigenvalue weighted by Gasteiger charge is 2.60. The predicted molar refractivity (Wildman–Crippen MR) is 159 cm³/mol. The first-order valence-corrected chi connectivity index (χ1v) is 15.2. The fourth-order valence-corrected chi connectivity index (χ4v) is 5.81. The van der Waals surface area contributed by atoms with E-state index in [1.54, 1.807) is 45.0 Å². The summed E-state index contributed by atoms with van der Waals surface area (Å²) in [5, 5.41) is 8.69. The first-order chi connectivity index (χ1) is 20.4. The molecule has 2 aliphatic heterocycles. The lowest BCUT2D eigenvalue weighted by Gasteiger charge is -2.30. The Morgan fingerprint density at radius 1 is 1.09 bits per heavy atom. The fourth-order valence-electron chi connectivity index (χ4n) is 5.81. The quantitative estimate of drug-likeness (QED) is 0.349. The number of esters is 1. The molecule has 1 aromatic rings. The number of nitrogens with one attached hydrogen (secondary N) is 3. The standard InChI is InChI=1S/C32H44N4O7/c1-31(2,3)43-30(41)34-24-15-9-7-5-6-8-14-23-19-32(23,35-26(37)25-16-11-17-36(25)27(24)38)29(40)33-20-21-12-10-13-22(18-21)28(39)42-4/h8,10,12-14,18,23-25H,5-7,9,11,15-17,19-20H2,1-4H3,(H,33,40)(H,34,41)(H,35,37)/t23-,24+,25+,32-/m1/s1. The molecule has 11 nitrogen and oxygen atoms in total. The molecular formula is C32H44N4O7. The minimum atomic E-state index is -1.13. The average Bonchev–Trinajstić information content (AvgIpc) is 3.42. The molecule has 1 saturated carbocycles. The van der Waals surface area contributed by atoms with Crippen LogP contribution in [0.3, 0.4) is 0 Å². The highest BCUT2D eigenvalue weighted by Crippen LogP contribution is 2.45. The van der Waals surface area contributed by atoms with Gasteiger partial charge in [-0.15, -0.1) is 0 Å². The molecule has 4 rings (SSSR count). The summed E-state index contributed by atoms with van der Waals surface area (Å²) in [5.74, 6) is -1.64. The van der Waals surface area contributed by atoms with Crippen LogP contribution < -0.4 is 16.0 Å². The van der Waals surface area contributed by atoms with Gasteiger partial charge in [0.1, 0.15) is 23.2 Å². The number of fused-ring (bicyclic) bond motifs is 2. The van der Waals surface area contributed by atoms with Crippen LogP contribution in [0, 0.1) is 5.92 Å². The van der Waals surface area contributed by atoms with E-state index in [-0.39, 0.29) is 30.2 Å². The number of rotatable bonds is 5. The van der Waals surface area contributed by atoms with Gasteiger partial charge >= 0.3 is 12.1 Å². The van der Waals surface area contributed by atoms with Gasteiger partial charge in [-0.05, 0) is 77.0 Å². The van der Waals surface area contributed by atoms with Crippen molar-refractivity contribution in [1.82, 2.24) is 20.9 Å². The number of alkyl carbamates (subject to hydrolysis) is 1. The summed E-state index contributed by atoms with van der Waals surface area (Å²) >= 11 is 0. The van der Waals surface area contributed by atoms with Crippen molar-refractivity contribution in [3.8, 4) is 0 Å². The van der Waals surface area contributed by atoms with Crippen molar-refractivity contribution in [1.29, 1.82) is 0 Å². The summed E-state index contributed by atoms with van der Waals surface area (Å²) < 4.78 is 10.2. The van der Waals surface area contributed by atoms with Gasteiger partial charge in [-0.25, -0.2) is 9.59 Å². The fraction of sp³-hybridized carbons (Fsp3) is 0.594. The summed E-state index contributed by atoms with van der Waals surface area (Å²) in [6, 6.07) is 5.26. The monoisotopic (exact) mass is 596 g/mol. The minimum absolute atomic E-state index is 0.170. The molecule has 3 aliphatic rings. The number of nitrogens with zero attached hydrogens (tertiary/aromatic N) is 1. The number of amides is 4. The van der Waals surface area contributed by atoms with Gasteiger partial charge in [-0.2, -0.15) is 0 Å². The summed E-state index contributed by atoms with van der Waals surface area (Å²) in [5.41, 5.74) is -0.735. The van der Waals surface area contributed by atoms with Gasteiger partial charge in [-0.3, -0.25) is 14.4 Å². The minimum Gasteiger partial charge on any atom is -0.465 e. The van der Waals surface area contributed by atoms with Gasteiger partial charge in [0.15, 0.2) is 0 Å². The second-order valence-corrected chi connectivity index (χ2v) is 12.6. The maximum Gasteiger partial charge on any atom is 0.408 e. The number of ether oxygens (including phenoxy) is 2. The summed E-state index contributed by atoms with van der Waals surface area (Å²) in [6.45, 7) is 5.84. The molecule has 0 bridgehead atoms. The van der Waals surface area contributed by atoms with Crippen LogP contribution in [0.5, 0.6) is 0 Å². The zero-order valence-corrected chi connectivity index (χ0v) is 25.6. The van der Waals surface area contributed by atoms with Gasteiger partial charge in [0.25, 0.3) is 0 Å². The van der Waals surface area contributed by atoms with E-state index in [1.165, 1.54) is 12.0 Å². The van der Waals surface area contributed by atoms with Gasteiger partial charge in [-0.1, -0.05) is 37.1 Å². The molecule has 0 radical (unpaired) electrons. The van der Waals surface area contributed by atoms with E-state index >= 15 is 0 Å². The lowest BCUT2D eigenvalue weighted by Crippen LogP contribution is -2.57. The van der Waals surface area contributed by atoms with Crippen molar-refractivity contribution < 1.29 is 33.4 Å². The van der Waals surface area contributed by atoms with E-state index in [0.717, 1.165) is 31.2 Å². The molecule has 234 valence electrons. The van der Waals surface area contributed by atoms with Crippen LogP contribution in [-0.2, 0) is 30.4 Å². The Kier molecular flexibility index (Phi) is 10.1. The number of allylic oxidation sites excluding steroid dienone is 1. The van der Waals surface area contributed by atoms with E-state index in [0.29, 0.717) is 37.8 Å². The van der Waals surface area contributed by atoms with E-state index in [2.05, 4.69) is 22.0 Å². The number of benzene rings is 1. The maximum absolute atomic E-state index is 13.7. The molecule has 0 spiro atoms. The van der Waals surface area contributed by atoms with Crippen LogP contribution >= 0.6 is 0 Å². The molecule has 4 amide bonds. The molecule has 1 aliphatic carbocycles. The predicted octanol–water partition coefficient (Wildman–Crippen LogP) is 3.37. The van der Waals surface area contributed by atoms with E-state index < -0.39 is 35.3 Å². The van der Waals surface area contributed by atoms with Crippen LogP contribution in [0.1, 0.15) is 88.1 Å². The smallest absolute Gasteiger partial charge is 0.408 e. The zero-order chi connectivity index (χ0) is 31.2. The lowest BCUT2D eigenvalue weighted by molar-refractivity contribution is -0.141. The Hall–Kier alpha value is -3.89. The van der Waals surface area contributed by atoms with Crippen LogP contribution in [0.2, 0.25) is 0 Å². The second kappa shape index (κ2) is 13.6. The second-order valence-electron chi connectivity index (χ2n) is 12.6. The normalized spacial score (nSPS) is 26.1. The Morgan fingerprint density at radius 3 is 2.63 bits per heavy atom. The van der Waals surface area contributed by atoms with E-state index in [4.69, 9.17) is 9.47 Å². The van der Waals surface area contributed by atoms with Gasteiger partial charge in [0.2, 0.25) is 17.7 Å². The highest BCUT2D eigenvalue weighted by atomic mass is 16.6. The van der Waals surface area contributed by atoms with Crippen LogP contribution in [0.4, 0.5) is 4.79 Å². The molecule has 1 saturated heterocycles. The van der Waals surface area contributed by atoms with Crippen molar-refractivity contribution >= 4 is 29.8 Å². The first-order valence-electron chi connectivity index (χ1n) is 15.2. The molecule has 2 heterocycles. The van der Waals surface area contributed by atoms with Crippen LogP contribution in [0.15, 0.2) is 36.4 Å². The maximum atomic E-state index is 13.7. The van der Waals surface area contributed by atoms with Crippen molar-refractivity contribution in [2.75, 3.05) is 13.7 Å². The zero-order valence-electron chi connectivity index (χ0n) is 25.6. The third-order valence-electron chi connectivity index (χ3n) is 8.13. The topological polar surface area (TPSA) is 143 Å². The SMILES string of the molecule is COC(=O)c1cccc(CNC(=O)[C@@]23C[C@H]2C=CCCCCC[C@H](NC(=O)OC(C)(C)C)C(=O)N2CCC[C@H]2C(=O)N3)c1. The van der Waals surface area contributed by atoms with Crippen LogP contribution in [0.25, 0.3) is 0 Å². The summed E-state index contributed by atoms with van der Waals surface area (Å²) in [6.07, 6.45) is 8.68. The van der Waals surface area contributed by atoms with Crippen molar-refractivity contribution in [3.05, 3.63) is 47.5 Å². The Balaban J connectivity index is 1.50. The lowest BCUT2D eigenvalue weighted by atomic mass is 10.0. The van der Waals surface area contributed by atoms with Gasteiger partial charge in [0.05, 0.1) is 12.7 Å². The van der Waals surface area contributed by atoms with Crippen molar-refractivity contribution in [2.45, 2.75) is 102 Å². The number of hydrogen-bond acceptors (Lipinski definition) is 7. The molecule has 4 atom stereocenters. The summed E-state index contributed by atoms with van der Waals surface area (Å²) in [7, 11) is 1.31. The first kappa shape index (κ1) is 32.0.